The van der Waals surface area contributed by atoms with Gasteiger partial charge in [0.1, 0.15) is 0 Å². The first-order chi connectivity index (χ1) is 7.70. The van der Waals surface area contributed by atoms with Crippen LogP contribution in [0.5, 0.6) is 0 Å². The SMILES string of the molecule is CC1=C(C)C(C)=C2C=Cc3ccccc3[C]12. The van der Waals surface area contributed by atoms with Crippen molar-refractivity contribution in [2.24, 2.45) is 0 Å². The number of hydrogen-bond donors (Lipinski definition) is 0. The van der Waals surface area contributed by atoms with Gasteiger partial charge in [-0.05, 0) is 48.6 Å². The highest BCUT2D eigenvalue weighted by Crippen LogP contribution is 2.46. The Balaban J connectivity index is 2.28. The largest absolute Gasteiger partial charge is 0.0619 e. The second-order valence-corrected chi connectivity index (χ2v) is 4.58. The molecule has 0 atom stereocenters. The molecule has 79 valence electrons. The van der Waals surface area contributed by atoms with Gasteiger partial charge in [-0.2, -0.15) is 0 Å². The molecule has 16 heavy (non-hydrogen) atoms. The van der Waals surface area contributed by atoms with Crippen LogP contribution in [0.1, 0.15) is 31.9 Å². The minimum Gasteiger partial charge on any atom is -0.0619 e. The summed E-state index contributed by atoms with van der Waals surface area (Å²) in [5.41, 5.74) is 8.43. The summed E-state index contributed by atoms with van der Waals surface area (Å²) in [4.78, 5) is 0. The van der Waals surface area contributed by atoms with Gasteiger partial charge in [-0.25, -0.2) is 0 Å². The van der Waals surface area contributed by atoms with Crippen molar-refractivity contribution in [3.63, 3.8) is 0 Å². The fraction of sp³-hybridized carbons (Fsp3) is 0.188. The van der Waals surface area contributed by atoms with Gasteiger partial charge >= 0.3 is 0 Å². The summed E-state index contributed by atoms with van der Waals surface area (Å²) in [6, 6.07) is 8.64. The molecule has 0 unspecified atom stereocenters. The van der Waals surface area contributed by atoms with E-state index in [1.807, 2.05) is 0 Å². The van der Waals surface area contributed by atoms with E-state index in [1.54, 1.807) is 0 Å². The highest BCUT2D eigenvalue weighted by atomic mass is 14.3. The van der Waals surface area contributed by atoms with Crippen LogP contribution in [0.3, 0.4) is 0 Å². The molecule has 3 rings (SSSR count). The first-order valence-electron chi connectivity index (χ1n) is 5.74. The summed E-state index contributed by atoms with van der Waals surface area (Å²) in [5, 5.41) is 0. The lowest BCUT2D eigenvalue weighted by Crippen LogP contribution is -2.06. The summed E-state index contributed by atoms with van der Waals surface area (Å²) in [6.07, 6.45) is 4.48. The van der Waals surface area contributed by atoms with Gasteiger partial charge in [0.05, 0.1) is 5.92 Å². The molecular formula is C16H15. The average molecular weight is 207 g/mol. The third kappa shape index (κ3) is 1.10. The van der Waals surface area contributed by atoms with E-state index in [-0.39, 0.29) is 0 Å². The minimum atomic E-state index is 1.34. The van der Waals surface area contributed by atoms with E-state index in [9.17, 15) is 0 Å². The van der Waals surface area contributed by atoms with Crippen molar-refractivity contribution in [3.05, 3.63) is 69.7 Å². The summed E-state index contributed by atoms with van der Waals surface area (Å²) in [6.45, 7) is 6.68. The van der Waals surface area contributed by atoms with E-state index in [0.29, 0.717) is 0 Å². The first-order valence-corrected chi connectivity index (χ1v) is 5.74. The summed E-state index contributed by atoms with van der Waals surface area (Å²) in [7, 11) is 0. The van der Waals surface area contributed by atoms with E-state index >= 15 is 0 Å². The maximum Gasteiger partial charge on any atom is 0.0597 e. The van der Waals surface area contributed by atoms with Crippen LogP contribution in [0.25, 0.3) is 6.08 Å². The molecule has 1 aromatic rings. The predicted octanol–water partition coefficient (Wildman–Crippen LogP) is 4.30. The molecule has 0 nitrogen and oxygen atoms in total. The molecule has 0 aromatic heterocycles. The van der Waals surface area contributed by atoms with Crippen LogP contribution in [-0.4, -0.2) is 0 Å². The Bertz CT molecular complexity index is 553. The van der Waals surface area contributed by atoms with Gasteiger partial charge in [0.25, 0.3) is 0 Å². The van der Waals surface area contributed by atoms with E-state index < -0.39 is 0 Å². The summed E-state index contributed by atoms with van der Waals surface area (Å²) in [5.74, 6) is 1.44. The molecule has 0 heterocycles. The smallest absolute Gasteiger partial charge is 0.0597 e. The van der Waals surface area contributed by atoms with Crippen molar-refractivity contribution < 1.29 is 0 Å². The molecule has 0 aliphatic heterocycles. The Kier molecular flexibility index (Phi) is 1.94. The van der Waals surface area contributed by atoms with Crippen LogP contribution >= 0.6 is 0 Å². The highest BCUT2D eigenvalue weighted by Gasteiger charge is 2.30. The van der Waals surface area contributed by atoms with E-state index in [4.69, 9.17) is 0 Å². The Hall–Kier alpha value is -1.56. The van der Waals surface area contributed by atoms with Crippen LogP contribution in [0.2, 0.25) is 0 Å². The van der Waals surface area contributed by atoms with Gasteiger partial charge in [0.2, 0.25) is 0 Å². The topological polar surface area (TPSA) is 0 Å². The zero-order chi connectivity index (χ0) is 11.3. The number of benzene rings is 1. The Labute approximate surface area is 97.0 Å². The van der Waals surface area contributed by atoms with E-state index in [1.165, 1.54) is 39.3 Å². The second-order valence-electron chi connectivity index (χ2n) is 4.58. The number of allylic oxidation sites excluding steroid dienone is 5. The molecule has 0 saturated carbocycles. The van der Waals surface area contributed by atoms with Crippen molar-refractivity contribution >= 4 is 6.08 Å². The van der Waals surface area contributed by atoms with Crippen LogP contribution in [-0.2, 0) is 0 Å². The van der Waals surface area contributed by atoms with Crippen LogP contribution in [0.15, 0.2) is 52.6 Å². The van der Waals surface area contributed by atoms with Crippen LogP contribution < -0.4 is 0 Å². The number of fused-ring (bicyclic) bond motifs is 3. The zero-order valence-electron chi connectivity index (χ0n) is 9.96. The third-order valence-corrected chi connectivity index (χ3v) is 3.83. The molecule has 0 heteroatoms. The molecule has 1 radical (unpaired) electrons. The normalized spacial score (nSPS) is 19.2. The van der Waals surface area contributed by atoms with Crippen molar-refractivity contribution in [1.82, 2.24) is 0 Å². The van der Waals surface area contributed by atoms with Crippen LogP contribution in [0, 0.1) is 5.92 Å². The minimum absolute atomic E-state index is 1.34. The van der Waals surface area contributed by atoms with Crippen molar-refractivity contribution in [3.8, 4) is 0 Å². The number of hydrogen-bond acceptors (Lipinski definition) is 0. The molecule has 1 aromatic carbocycles. The van der Waals surface area contributed by atoms with Gasteiger partial charge in [-0.1, -0.05) is 42.0 Å². The van der Waals surface area contributed by atoms with Gasteiger partial charge < -0.3 is 0 Å². The molecule has 0 amide bonds. The lowest BCUT2D eigenvalue weighted by molar-refractivity contribution is 1.19. The second kappa shape index (κ2) is 3.21. The van der Waals surface area contributed by atoms with E-state index in [2.05, 4.69) is 57.2 Å². The molecule has 0 saturated heterocycles. The quantitative estimate of drug-likeness (QED) is 0.595. The third-order valence-electron chi connectivity index (χ3n) is 3.83. The van der Waals surface area contributed by atoms with Gasteiger partial charge in [0.15, 0.2) is 0 Å². The van der Waals surface area contributed by atoms with Crippen molar-refractivity contribution in [1.29, 1.82) is 0 Å². The lowest BCUT2D eigenvalue weighted by atomic mass is 9.81. The maximum absolute atomic E-state index is 2.26. The Morgan fingerprint density at radius 1 is 0.750 bits per heavy atom. The lowest BCUT2D eigenvalue weighted by Gasteiger charge is -2.21. The summed E-state index contributed by atoms with van der Waals surface area (Å²) < 4.78 is 0. The standard InChI is InChI=1S/C16H15/c1-10-11(2)14-9-8-13-6-4-5-7-15(13)16(14)12(10)3/h4-9H,1-3H3. The molecule has 2 aliphatic carbocycles. The molecular weight excluding hydrogens is 192 g/mol. The van der Waals surface area contributed by atoms with E-state index in [0.717, 1.165) is 0 Å². The molecule has 0 spiro atoms. The monoisotopic (exact) mass is 207 g/mol. The molecule has 0 N–H and O–H groups in total. The highest BCUT2D eigenvalue weighted by molar-refractivity contribution is 5.79. The van der Waals surface area contributed by atoms with Crippen LogP contribution in [0.4, 0.5) is 0 Å². The Morgan fingerprint density at radius 3 is 2.31 bits per heavy atom. The predicted molar refractivity (Wildman–Crippen MR) is 68.9 cm³/mol. The summed E-state index contributed by atoms with van der Waals surface area (Å²) >= 11 is 0. The molecule has 0 fully saturated rings. The zero-order valence-corrected chi connectivity index (χ0v) is 9.96. The van der Waals surface area contributed by atoms with Gasteiger partial charge in [-0.3, -0.25) is 0 Å². The Morgan fingerprint density at radius 2 is 1.50 bits per heavy atom. The van der Waals surface area contributed by atoms with Gasteiger partial charge in [-0.15, -0.1) is 0 Å². The molecule has 2 aliphatic rings. The average Bonchev–Trinajstić information content (AvgIpc) is 2.55. The fourth-order valence-electron chi connectivity index (χ4n) is 2.66. The maximum atomic E-state index is 2.26. The van der Waals surface area contributed by atoms with Crippen molar-refractivity contribution in [2.45, 2.75) is 20.8 Å². The molecule has 0 bridgehead atoms. The first kappa shape index (κ1) is 9.65. The van der Waals surface area contributed by atoms with Gasteiger partial charge in [0, 0.05) is 0 Å². The number of rotatable bonds is 0. The van der Waals surface area contributed by atoms with Crippen molar-refractivity contribution in [2.75, 3.05) is 0 Å². The fourth-order valence-corrected chi connectivity index (χ4v) is 2.66.